The van der Waals surface area contributed by atoms with Gasteiger partial charge in [-0.1, -0.05) is 18.2 Å². The Morgan fingerprint density at radius 2 is 1.20 bits per heavy atom. The summed E-state index contributed by atoms with van der Waals surface area (Å²) < 4.78 is 8.50. The molecule has 2 N–H and O–H groups in total. The van der Waals surface area contributed by atoms with Crippen LogP contribution in [0.2, 0.25) is 0 Å². The molecule has 56 heavy (non-hydrogen) atoms. The maximum Gasteiger partial charge on any atom is 0.332 e. The standard InChI is InChI=1S/C20H23N7O2.C17H25N7O3/c1-24-17-16(18(28)25(2)20(24)29)27(13-15-7-4-3-6-14(15)12-21)19(23-17)26-10-5-8-22-9-11-26;1-20-14-13(15(26)21(2)17(20)27)24(11-12(25)22-7-3-4-8-22)16(19-14)23-9-5-18-6-10-23/h3-4,6-7,22H,5,8-11,13H2,1-2H3;18H,3-11H2,1-2H3. The number of benzene rings is 1. The monoisotopic (exact) mass is 768 g/mol. The van der Waals surface area contributed by atoms with Crippen LogP contribution in [-0.2, 0) is 46.1 Å². The Morgan fingerprint density at radius 1 is 0.679 bits per heavy atom. The fourth-order valence-electron chi connectivity index (χ4n) is 7.70. The second-order valence-electron chi connectivity index (χ2n) is 14.4. The third kappa shape index (κ3) is 7.01. The molecule has 7 heterocycles. The van der Waals surface area contributed by atoms with E-state index in [2.05, 4.69) is 31.5 Å². The van der Waals surface area contributed by atoms with Crippen molar-refractivity contribution in [3.63, 3.8) is 0 Å². The molecule has 3 aliphatic heterocycles. The van der Waals surface area contributed by atoms with Crippen molar-refractivity contribution in [2.45, 2.75) is 32.4 Å². The molecular formula is C37H48N14O5. The number of nitriles is 1. The van der Waals surface area contributed by atoms with Gasteiger partial charge in [0.1, 0.15) is 6.54 Å². The number of amides is 1. The SMILES string of the molecule is Cn1c(=O)c2c(nc(N3CCCNCC3)n2Cc2ccccc2C#N)n(C)c1=O.Cn1c(=O)c2c(nc(N3CCNCC3)n2CC(=O)N2CCCC2)n(C)c1=O. The number of aryl methyl sites for hydroxylation is 2. The first-order chi connectivity index (χ1) is 27.0. The topological polar surface area (TPSA) is 198 Å². The summed E-state index contributed by atoms with van der Waals surface area (Å²) in [7, 11) is 6.15. The van der Waals surface area contributed by atoms with Crippen molar-refractivity contribution >= 4 is 40.1 Å². The van der Waals surface area contributed by atoms with Crippen molar-refractivity contribution in [1.29, 1.82) is 5.26 Å². The van der Waals surface area contributed by atoms with E-state index in [4.69, 9.17) is 4.98 Å². The summed E-state index contributed by atoms with van der Waals surface area (Å²) in [6.45, 7) is 8.25. The Hall–Kier alpha value is -6.00. The molecule has 1 aromatic carbocycles. The molecule has 4 aromatic heterocycles. The van der Waals surface area contributed by atoms with Crippen LogP contribution < -0.4 is 42.9 Å². The van der Waals surface area contributed by atoms with Gasteiger partial charge in [-0.25, -0.2) is 9.59 Å². The van der Waals surface area contributed by atoms with Gasteiger partial charge in [-0.3, -0.25) is 41.8 Å². The summed E-state index contributed by atoms with van der Waals surface area (Å²) in [4.78, 5) is 78.8. The summed E-state index contributed by atoms with van der Waals surface area (Å²) in [6.07, 6.45) is 2.98. The van der Waals surface area contributed by atoms with E-state index in [1.54, 1.807) is 24.7 Å². The van der Waals surface area contributed by atoms with Crippen LogP contribution in [0.4, 0.5) is 11.9 Å². The first kappa shape index (κ1) is 38.3. The Bertz CT molecular complexity index is 2560. The van der Waals surface area contributed by atoms with Gasteiger partial charge in [-0.05, 0) is 37.4 Å². The predicted octanol–water partition coefficient (Wildman–Crippen LogP) is -1.38. The number of carbonyl (C=O) groups excluding carboxylic acids is 1. The molecule has 0 bridgehead atoms. The Balaban J connectivity index is 0.000000172. The number of hydrogen-bond acceptors (Lipinski definition) is 12. The Morgan fingerprint density at radius 3 is 1.79 bits per heavy atom. The van der Waals surface area contributed by atoms with Crippen molar-refractivity contribution in [1.82, 2.24) is 52.9 Å². The Labute approximate surface area is 321 Å². The van der Waals surface area contributed by atoms with E-state index >= 15 is 0 Å². The second-order valence-corrected chi connectivity index (χ2v) is 14.4. The van der Waals surface area contributed by atoms with E-state index in [-0.39, 0.29) is 18.0 Å². The smallest absolute Gasteiger partial charge is 0.332 e. The van der Waals surface area contributed by atoms with Gasteiger partial charge in [-0.2, -0.15) is 15.2 Å². The number of nitrogens with one attached hydrogen (secondary N) is 2. The number of carbonyl (C=O) groups is 1. The zero-order chi connectivity index (χ0) is 39.7. The van der Waals surface area contributed by atoms with Crippen LogP contribution in [0.3, 0.4) is 0 Å². The first-order valence-electron chi connectivity index (χ1n) is 19.0. The summed E-state index contributed by atoms with van der Waals surface area (Å²) >= 11 is 0. The number of imidazole rings is 2. The van der Waals surface area contributed by atoms with E-state index in [0.717, 1.165) is 99.4 Å². The maximum atomic E-state index is 13.0. The lowest BCUT2D eigenvalue weighted by Gasteiger charge is -2.29. The molecule has 1 amide bonds. The number of hydrogen-bond donors (Lipinski definition) is 2. The number of rotatable bonds is 6. The Kier molecular flexibility index (Phi) is 10.9. The molecule has 296 valence electrons. The van der Waals surface area contributed by atoms with Gasteiger partial charge in [0.2, 0.25) is 17.8 Å². The summed E-state index contributed by atoms with van der Waals surface area (Å²) in [5, 5.41) is 16.1. The van der Waals surface area contributed by atoms with Crippen molar-refractivity contribution in [2.24, 2.45) is 28.2 Å². The molecule has 8 rings (SSSR count). The fraction of sp³-hybridized carbons (Fsp3) is 0.514. The zero-order valence-electron chi connectivity index (χ0n) is 32.3. The van der Waals surface area contributed by atoms with E-state index in [9.17, 15) is 29.2 Å². The third-order valence-corrected chi connectivity index (χ3v) is 10.9. The number of piperazine rings is 1. The van der Waals surface area contributed by atoms with Crippen molar-refractivity contribution < 1.29 is 4.79 Å². The van der Waals surface area contributed by atoms with E-state index < -0.39 is 16.9 Å². The largest absolute Gasteiger partial charge is 0.341 e. The predicted molar refractivity (Wildman–Crippen MR) is 211 cm³/mol. The molecule has 0 atom stereocenters. The lowest BCUT2D eigenvalue weighted by atomic mass is 10.1. The highest BCUT2D eigenvalue weighted by Crippen LogP contribution is 2.24. The average Bonchev–Trinajstić information content (AvgIpc) is 3.93. The fourth-order valence-corrected chi connectivity index (χ4v) is 7.70. The normalized spacial score (nSPS) is 16.2. The molecule has 0 radical (unpaired) electrons. The summed E-state index contributed by atoms with van der Waals surface area (Å²) in [5.74, 6) is 1.21. The molecule has 0 unspecified atom stereocenters. The van der Waals surface area contributed by atoms with Crippen LogP contribution in [0.15, 0.2) is 43.4 Å². The number of aromatic nitrogens is 8. The number of fused-ring (bicyclic) bond motifs is 2. The maximum absolute atomic E-state index is 13.0. The van der Waals surface area contributed by atoms with Gasteiger partial charge in [0, 0.05) is 87.1 Å². The van der Waals surface area contributed by atoms with Crippen molar-refractivity contribution in [3.8, 4) is 6.07 Å². The molecule has 3 aliphatic rings. The van der Waals surface area contributed by atoms with Gasteiger partial charge in [0.15, 0.2) is 22.3 Å². The van der Waals surface area contributed by atoms with Gasteiger partial charge in [0.25, 0.3) is 11.1 Å². The van der Waals surface area contributed by atoms with Crippen LogP contribution in [-0.4, -0.2) is 114 Å². The van der Waals surface area contributed by atoms with Gasteiger partial charge < -0.3 is 25.3 Å². The minimum absolute atomic E-state index is 0.0147. The molecule has 19 nitrogen and oxygen atoms in total. The van der Waals surface area contributed by atoms with E-state index in [1.807, 2.05) is 27.7 Å². The van der Waals surface area contributed by atoms with Crippen LogP contribution in [0.25, 0.3) is 22.3 Å². The molecule has 3 fully saturated rings. The summed E-state index contributed by atoms with van der Waals surface area (Å²) in [5.41, 5.74) is 1.09. The minimum atomic E-state index is -0.421. The summed E-state index contributed by atoms with van der Waals surface area (Å²) in [6, 6.07) is 9.55. The zero-order valence-corrected chi connectivity index (χ0v) is 32.3. The van der Waals surface area contributed by atoms with Crippen LogP contribution in [0.5, 0.6) is 0 Å². The molecule has 0 aliphatic carbocycles. The van der Waals surface area contributed by atoms with Crippen LogP contribution >= 0.6 is 0 Å². The molecule has 0 spiro atoms. The highest BCUT2D eigenvalue weighted by molar-refractivity contribution is 5.81. The third-order valence-electron chi connectivity index (χ3n) is 10.9. The van der Waals surface area contributed by atoms with E-state index in [0.29, 0.717) is 46.3 Å². The van der Waals surface area contributed by atoms with Crippen LogP contribution in [0, 0.1) is 11.3 Å². The van der Waals surface area contributed by atoms with E-state index in [1.165, 1.54) is 23.2 Å². The van der Waals surface area contributed by atoms with Crippen molar-refractivity contribution in [2.75, 3.05) is 75.2 Å². The quantitative estimate of drug-likeness (QED) is 0.206. The average molecular weight is 769 g/mol. The second kappa shape index (κ2) is 16.0. The van der Waals surface area contributed by atoms with Crippen molar-refractivity contribution in [3.05, 3.63) is 77.1 Å². The molecular weight excluding hydrogens is 720 g/mol. The molecule has 3 saturated heterocycles. The minimum Gasteiger partial charge on any atom is -0.341 e. The molecule has 0 saturated carbocycles. The molecule has 19 heteroatoms. The van der Waals surface area contributed by atoms with Crippen LogP contribution in [0.1, 0.15) is 30.4 Å². The molecule has 5 aromatic rings. The lowest BCUT2D eigenvalue weighted by Crippen LogP contribution is -2.45. The van der Waals surface area contributed by atoms with Gasteiger partial charge in [-0.15, -0.1) is 0 Å². The number of anilines is 2. The van der Waals surface area contributed by atoms with Gasteiger partial charge in [0.05, 0.1) is 18.2 Å². The first-order valence-corrected chi connectivity index (χ1v) is 19.0. The lowest BCUT2D eigenvalue weighted by molar-refractivity contribution is -0.130. The van der Waals surface area contributed by atoms with Gasteiger partial charge >= 0.3 is 11.4 Å². The highest BCUT2D eigenvalue weighted by atomic mass is 16.2. The number of nitrogens with zero attached hydrogens (tertiary/aromatic N) is 12. The number of likely N-dealkylation sites (tertiary alicyclic amines) is 1. The highest BCUT2D eigenvalue weighted by Gasteiger charge is 2.28.